The minimum Gasteiger partial charge on any atom is -0.385 e. The lowest BCUT2D eigenvalue weighted by molar-refractivity contribution is -0.119. The lowest BCUT2D eigenvalue weighted by Crippen LogP contribution is -2.45. The molecule has 0 bridgehead atoms. The second kappa shape index (κ2) is 11.6. The normalized spacial score (nSPS) is 20.3. The van der Waals surface area contributed by atoms with Gasteiger partial charge in [-0.3, -0.25) is 9.59 Å². The van der Waals surface area contributed by atoms with Crippen LogP contribution < -0.4 is 4.18 Å². The molecule has 0 atom stereocenters. The minimum absolute atomic E-state index is 0.0236. The molecule has 5 rings (SSSR count). The number of ketones is 2. The van der Waals surface area contributed by atoms with E-state index in [1.165, 1.54) is 12.1 Å². The van der Waals surface area contributed by atoms with E-state index in [0.29, 0.717) is 60.0 Å². The molecule has 3 aliphatic rings. The van der Waals surface area contributed by atoms with Gasteiger partial charge in [0.1, 0.15) is 10.6 Å². The smallest absolute Gasteiger partial charge is 0.339 e. The van der Waals surface area contributed by atoms with Crippen molar-refractivity contribution in [1.82, 2.24) is 4.90 Å². The Morgan fingerprint density at radius 2 is 1.44 bits per heavy atom. The Morgan fingerprint density at radius 3 is 1.98 bits per heavy atom. The molecule has 1 aliphatic heterocycles. The van der Waals surface area contributed by atoms with Crippen molar-refractivity contribution in [2.24, 2.45) is 10.8 Å². The first-order chi connectivity index (χ1) is 20.1. The molecule has 7 nitrogen and oxygen atoms in total. The Balaban J connectivity index is 1.73. The summed E-state index contributed by atoms with van der Waals surface area (Å²) < 4.78 is 38.9. The largest absolute Gasteiger partial charge is 0.385 e. The number of Topliss-reactive ketones (excluding diaryl/α,β-unsaturated/α-hetero) is 2. The first kappa shape index (κ1) is 31.7. The number of carbonyl (C=O) groups excluding carboxylic acids is 2. The molecule has 2 aromatic carbocycles. The van der Waals surface area contributed by atoms with Crippen molar-refractivity contribution in [3.8, 4) is 5.75 Å². The topological polar surface area (TPSA) is 90.0 Å². The van der Waals surface area contributed by atoms with E-state index in [4.69, 9.17) is 8.92 Å². The van der Waals surface area contributed by atoms with Crippen LogP contribution in [0.2, 0.25) is 0 Å². The van der Waals surface area contributed by atoms with Crippen molar-refractivity contribution in [3.63, 3.8) is 0 Å². The van der Waals surface area contributed by atoms with Crippen LogP contribution >= 0.6 is 15.9 Å². The van der Waals surface area contributed by atoms with E-state index in [1.54, 1.807) is 37.4 Å². The Morgan fingerprint density at radius 1 is 0.884 bits per heavy atom. The molecular formula is C34H40BrNO6S. The maximum atomic E-state index is 14.1. The van der Waals surface area contributed by atoms with Crippen molar-refractivity contribution in [2.45, 2.75) is 77.5 Å². The lowest BCUT2D eigenvalue weighted by atomic mass is 9.63. The standard InChI is InChI=1S/C34H40BrNO6S/c1-21-8-11-23(12-9-21)43(39,40)42-29-13-10-22(35)16-24(29)30-31-25(17-33(2,3)19-27(31)37)36(14-7-15-41-6)26-18-34(4,5)20-28(38)32(26)30/h8-13,16,30H,7,14-15,17-20H2,1-6H3. The van der Waals surface area contributed by atoms with Gasteiger partial charge in [0.05, 0.1) is 0 Å². The molecule has 0 saturated carbocycles. The van der Waals surface area contributed by atoms with Crippen LogP contribution in [0.15, 0.2) is 74.4 Å². The SMILES string of the molecule is COCCCN1C2=C(C(=O)CC(C)(C)C2)C(c2cc(Br)ccc2OS(=O)(=O)c2ccc(C)cc2)C2=C1CC(C)(C)CC2=O. The van der Waals surface area contributed by atoms with Gasteiger partial charge in [-0.2, -0.15) is 8.42 Å². The van der Waals surface area contributed by atoms with E-state index in [9.17, 15) is 18.0 Å². The Bertz CT molecular complexity index is 1580. The molecular weight excluding hydrogens is 630 g/mol. The molecule has 0 fully saturated rings. The van der Waals surface area contributed by atoms with Crippen LogP contribution in [0.4, 0.5) is 0 Å². The van der Waals surface area contributed by atoms with Crippen LogP contribution in [0.25, 0.3) is 0 Å². The summed E-state index contributed by atoms with van der Waals surface area (Å²) in [5.41, 5.74) is 3.85. The van der Waals surface area contributed by atoms with E-state index in [2.05, 4.69) is 48.5 Å². The van der Waals surface area contributed by atoms with Gasteiger partial charge in [-0.15, -0.1) is 0 Å². The van der Waals surface area contributed by atoms with Crippen LogP contribution in [0.5, 0.6) is 5.75 Å². The maximum Gasteiger partial charge on any atom is 0.339 e. The van der Waals surface area contributed by atoms with Crippen LogP contribution in [0.3, 0.4) is 0 Å². The molecule has 9 heteroatoms. The highest BCUT2D eigenvalue weighted by atomic mass is 79.9. The zero-order valence-electron chi connectivity index (χ0n) is 25.8. The number of aryl methyl sites for hydroxylation is 1. The van der Waals surface area contributed by atoms with Crippen molar-refractivity contribution >= 4 is 37.6 Å². The Labute approximate surface area is 263 Å². The van der Waals surface area contributed by atoms with E-state index in [-0.39, 0.29) is 33.0 Å². The Kier molecular flexibility index (Phi) is 8.57. The summed E-state index contributed by atoms with van der Waals surface area (Å²) in [4.78, 5) is 30.5. The third-order valence-electron chi connectivity index (χ3n) is 8.54. The number of benzene rings is 2. The van der Waals surface area contributed by atoms with Gasteiger partial charge >= 0.3 is 10.1 Å². The van der Waals surface area contributed by atoms with Crippen LogP contribution in [0, 0.1) is 17.8 Å². The van der Waals surface area contributed by atoms with Gasteiger partial charge < -0.3 is 13.8 Å². The number of nitrogens with zero attached hydrogens (tertiary/aromatic N) is 1. The molecule has 0 N–H and O–H groups in total. The van der Waals surface area contributed by atoms with E-state index >= 15 is 0 Å². The van der Waals surface area contributed by atoms with Crippen LogP contribution in [-0.2, 0) is 24.4 Å². The molecule has 0 aromatic heterocycles. The predicted molar refractivity (Wildman–Crippen MR) is 169 cm³/mol. The summed E-state index contributed by atoms with van der Waals surface area (Å²) in [6.07, 6.45) is 2.73. The molecule has 1 heterocycles. The van der Waals surface area contributed by atoms with Gasteiger partial charge in [0.2, 0.25) is 0 Å². The van der Waals surface area contributed by atoms with Gasteiger partial charge in [0.15, 0.2) is 11.6 Å². The molecule has 0 unspecified atom stereocenters. The number of halogens is 1. The quantitative estimate of drug-likeness (QED) is 0.216. The number of methoxy groups -OCH3 is 1. The number of ether oxygens (including phenoxy) is 1. The zero-order valence-corrected chi connectivity index (χ0v) is 28.2. The van der Waals surface area contributed by atoms with Gasteiger partial charge in [-0.1, -0.05) is 61.3 Å². The van der Waals surface area contributed by atoms with Crippen LogP contribution in [-0.4, -0.2) is 45.1 Å². The summed E-state index contributed by atoms with van der Waals surface area (Å²) in [7, 11) is -2.53. The fourth-order valence-electron chi connectivity index (χ4n) is 6.69. The van der Waals surface area contributed by atoms with Crippen molar-refractivity contribution in [1.29, 1.82) is 0 Å². The van der Waals surface area contributed by atoms with Gasteiger partial charge in [0, 0.05) is 71.6 Å². The molecule has 2 aliphatic carbocycles. The number of rotatable bonds is 8. The first-order valence-electron chi connectivity index (χ1n) is 14.7. The molecule has 0 saturated heterocycles. The van der Waals surface area contributed by atoms with E-state index in [1.807, 2.05) is 6.92 Å². The second-order valence-corrected chi connectivity index (χ2v) is 16.0. The third-order valence-corrected chi connectivity index (χ3v) is 10.3. The highest BCUT2D eigenvalue weighted by Crippen LogP contribution is 2.55. The van der Waals surface area contributed by atoms with Gasteiger partial charge in [-0.25, -0.2) is 0 Å². The van der Waals surface area contributed by atoms with Crippen molar-refractivity contribution in [2.75, 3.05) is 20.3 Å². The zero-order chi connectivity index (χ0) is 31.3. The maximum absolute atomic E-state index is 14.1. The number of hydrogen-bond donors (Lipinski definition) is 0. The minimum atomic E-state index is -4.19. The highest BCUT2D eigenvalue weighted by molar-refractivity contribution is 9.10. The fraction of sp³-hybridized carbons (Fsp3) is 0.471. The summed E-state index contributed by atoms with van der Waals surface area (Å²) >= 11 is 3.56. The molecule has 230 valence electrons. The Hall–Kier alpha value is -2.75. The average molecular weight is 671 g/mol. The second-order valence-electron chi connectivity index (χ2n) is 13.6. The molecule has 43 heavy (non-hydrogen) atoms. The summed E-state index contributed by atoms with van der Waals surface area (Å²) in [5.74, 6) is -0.679. The first-order valence-corrected chi connectivity index (χ1v) is 16.9. The van der Waals surface area contributed by atoms with Gasteiger partial charge in [0.25, 0.3) is 0 Å². The summed E-state index contributed by atoms with van der Waals surface area (Å²) in [5, 5.41) is 0. The van der Waals surface area contributed by atoms with E-state index < -0.39 is 16.0 Å². The highest BCUT2D eigenvalue weighted by Gasteiger charge is 2.49. The lowest BCUT2D eigenvalue weighted by Gasteiger charge is -2.49. The van der Waals surface area contributed by atoms with Crippen molar-refractivity contribution in [3.05, 3.63) is 80.6 Å². The van der Waals surface area contributed by atoms with Crippen molar-refractivity contribution < 1.29 is 26.9 Å². The van der Waals surface area contributed by atoms with Gasteiger partial charge in [-0.05, 0) is 67.3 Å². The monoisotopic (exact) mass is 669 g/mol. The predicted octanol–water partition coefficient (Wildman–Crippen LogP) is 7.25. The molecule has 0 amide bonds. The summed E-state index contributed by atoms with van der Waals surface area (Å²) in [6.45, 7) is 11.4. The molecule has 0 radical (unpaired) electrons. The third kappa shape index (κ3) is 6.40. The number of allylic oxidation sites excluding steroid dienone is 4. The number of carbonyl (C=O) groups is 2. The number of hydrogen-bond acceptors (Lipinski definition) is 7. The van der Waals surface area contributed by atoms with Crippen LogP contribution in [0.1, 0.15) is 76.8 Å². The van der Waals surface area contributed by atoms with E-state index in [0.717, 1.165) is 23.4 Å². The summed E-state index contributed by atoms with van der Waals surface area (Å²) in [6, 6.07) is 11.6. The average Bonchev–Trinajstić information content (AvgIpc) is 2.89. The molecule has 2 aromatic rings. The fourth-order valence-corrected chi connectivity index (χ4v) is 8.02. The molecule has 0 spiro atoms.